The Bertz CT molecular complexity index is 607. The molecule has 2 fully saturated rings. The summed E-state index contributed by atoms with van der Waals surface area (Å²) in [6.07, 6.45) is 1.91. The molecule has 2 aliphatic heterocycles. The minimum Gasteiger partial charge on any atom is -0.379 e. The van der Waals surface area contributed by atoms with E-state index in [2.05, 4.69) is 4.90 Å². The summed E-state index contributed by atoms with van der Waals surface area (Å²) < 4.78 is 5.97. The number of morpholine rings is 1. The van der Waals surface area contributed by atoms with Crippen LogP contribution in [0.2, 0.25) is 0 Å². The number of benzene rings is 1. The highest BCUT2D eigenvalue weighted by Crippen LogP contribution is 2.32. The molecule has 6 heteroatoms. The third-order valence-electron chi connectivity index (χ3n) is 3.69. The van der Waals surface area contributed by atoms with E-state index in [-0.39, 0.29) is 5.91 Å². The molecule has 1 aromatic rings. The molecule has 4 nitrogen and oxygen atoms in total. The number of carbonyl (C=O) groups is 1. The predicted octanol–water partition coefficient (Wildman–Crippen LogP) is 2.49. The maximum absolute atomic E-state index is 12.6. The molecular weight excluding hydrogens is 316 g/mol. The summed E-state index contributed by atoms with van der Waals surface area (Å²) in [7, 11) is 0. The van der Waals surface area contributed by atoms with E-state index in [1.54, 1.807) is 4.90 Å². The number of carbonyl (C=O) groups excluding carboxylic acids is 1. The van der Waals surface area contributed by atoms with Crippen molar-refractivity contribution in [1.29, 1.82) is 0 Å². The van der Waals surface area contributed by atoms with Gasteiger partial charge in [0.25, 0.3) is 5.91 Å². The molecule has 0 radical (unpaired) electrons. The van der Waals surface area contributed by atoms with Crippen LogP contribution in [0.5, 0.6) is 0 Å². The van der Waals surface area contributed by atoms with Crippen molar-refractivity contribution in [3.05, 3.63) is 40.3 Å². The van der Waals surface area contributed by atoms with Gasteiger partial charge in [0.05, 0.1) is 24.8 Å². The number of hydrogen-bond acceptors (Lipinski definition) is 5. The molecule has 0 spiro atoms. The lowest BCUT2D eigenvalue weighted by Crippen LogP contribution is -2.45. The van der Waals surface area contributed by atoms with Gasteiger partial charge in [-0.05, 0) is 18.6 Å². The lowest BCUT2D eigenvalue weighted by atomic mass is 10.1. The Hall–Kier alpha value is -1.21. The first-order valence-electron chi connectivity index (χ1n) is 7.25. The van der Waals surface area contributed by atoms with Crippen LogP contribution >= 0.6 is 24.0 Å². The minimum absolute atomic E-state index is 0.00191. The Labute approximate surface area is 140 Å². The molecule has 1 aromatic carbocycles. The molecule has 0 saturated carbocycles. The molecule has 0 atom stereocenters. The quantitative estimate of drug-likeness (QED) is 0.626. The molecule has 2 heterocycles. The lowest BCUT2D eigenvalue weighted by Gasteiger charge is -2.29. The third-order valence-corrected chi connectivity index (χ3v) is 5.07. The van der Waals surface area contributed by atoms with Gasteiger partial charge < -0.3 is 4.74 Å². The normalized spacial score (nSPS) is 21.9. The van der Waals surface area contributed by atoms with E-state index >= 15 is 0 Å². The zero-order chi connectivity index (χ0) is 15.5. The second-order valence-corrected chi connectivity index (χ2v) is 7.07. The van der Waals surface area contributed by atoms with Gasteiger partial charge in [0.15, 0.2) is 0 Å². The van der Waals surface area contributed by atoms with Crippen LogP contribution in [-0.2, 0) is 9.53 Å². The Morgan fingerprint density at radius 1 is 1.27 bits per heavy atom. The molecule has 116 valence electrons. The van der Waals surface area contributed by atoms with Crippen molar-refractivity contribution in [2.24, 2.45) is 0 Å². The van der Waals surface area contributed by atoms with Gasteiger partial charge in [-0.15, -0.1) is 0 Å². The average molecular weight is 334 g/mol. The number of rotatable bonds is 3. The molecule has 22 heavy (non-hydrogen) atoms. The highest BCUT2D eigenvalue weighted by atomic mass is 32.2. The highest BCUT2D eigenvalue weighted by Gasteiger charge is 2.33. The monoisotopic (exact) mass is 334 g/mol. The number of ether oxygens (including phenoxy) is 1. The van der Waals surface area contributed by atoms with E-state index in [4.69, 9.17) is 17.0 Å². The van der Waals surface area contributed by atoms with Gasteiger partial charge in [-0.3, -0.25) is 14.6 Å². The Morgan fingerprint density at radius 2 is 1.95 bits per heavy atom. The topological polar surface area (TPSA) is 32.8 Å². The van der Waals surface area contributed by atoms with Crippen LogP contribution in [0.15, 0.2) is 29.2 Å². The van der Waals surface area contributed by atoms with E-state index in [9.17, 15) is 4.79 Å². The summed E-state index contributed by atoms with van der Waals surface area (Å²) >= 11 is 6.75. The van der Waals surface area contributed by atoms with Crippen molar-refractivity contribution in [1.82, 2.24) is 9.80 Å². The van der Waals surface area contributed by atoms with Crippen molar-refractivity contribution in [3.8, 4) is 0 Å². The number of thioether (sulfide) groups is 1. The second kappa shape index (κ2) is 6.91. The third kappa shape index (κ3) is 3.57. The first-order chi connectivity index (χ1) is 10.6. The minimum atomic E-state index is 0.00191. The molecular formula is C16H18N2O2S2. The largest absolute Gasteiger partial charge is 0.379 e. The molecule has 0 bridgehead atoms. The summed E-state index contributed by atoms with van der Waals surface area (Å²) in [5.41, 5.74) is 2.23. The lowest BCUT2D eigenvalue weighted by molar-refractivity contribution is -0.124. The fourth-order valence-corrected chi connectivity index (χ4v) is 3.62. The van der Waals surface area contributed by atoms with Crippen LogP contribution < -0.4 is 0 Å². The van der Waals surface area contributed by atoms with Crippen molar-refractivity contribution in [2.45, 2.75) is 6.92 Å². The van der Waals surface area contributed by atoms with Gasteiger partial charge >= 0.3 is 0 Å². The van der Waals surface area contributed by atoms with Crippen LogP contribution in [0.25, 0.3) is 6.08 Å². The van der Waals surface area contributed by atoms with Crippen LogP contribution in [0, 0.1) is 6.92 Å². The standard InChI is InChI=1S/C16H18N2O2S2/c1-12-2-4-13(5-3-12)10-14-15(19)18(16(21)22-14)11-17-6-8-20-9-7-17/h2-5,10H,6-9,11H2,1H3/b14-10+. The summed E-state index contributed by atoms with van der Waals surface area (Å²) in [4.78, 5) is 17.1. The predicted molar refractivity (Wildman–Crippen MR) is 93.5 cm³/mol. The molecule has 0 aromatic heterocycles. The SMILES string of the molecule is Cc1ccc(/C=C2/SC(=S)N(CN3CCOCC3)C2=O)cc1. The first kappa shape index (κ1) is 15.7. The van der Waals surface area contributed by atoms with Gasteiger partial charge in [0.1, 0.15) is 4.32 Å². The number of aryl methyl sites for hydroxylation is 1. The van der Waals surface area contributed by atoms with Gasteiger partial charge in [-0.25, -0.2) is 0 Å². The summed E-state index contributed by atoms with van der Waals surface area (Å²) in [6, 6.07) is 8.12. The van der Waals surface area contributed by atoms with Crippen molar-refractivity contribution in [3.63, 3.8) is 0 Å². The van der Waals surface area contributed by atoms with Gasteiger partial charge in [-0.2, -0.15) is 0 Å². The zero-order valence-corrected chi connectivity index (χ0v) is 14.1. The molecule has 0 aliphatic carbocycles. The summed E-state index contributed by atoms with van der Waals surface area (Å²) in [5.74, 6) is 0.00191. The Morgan fingerprint density at radius 3 is 2.64 bits per heavy atom. The van der Waals surface area contributed by atoms with E-state index in [0.29, 0.717) is 29.1 Å². The molecule has 3 rings (SSSR count). The number of thiocarbonyl (C=S) groups is 1. The van der Waals surface area contributed by atoms with Crippen LogP contribution in [-0.4, -0.2) is 53.0 Å². The Balaban J connectivity index is 1.71. The summed E-state index contributed by atoms with van der Waals surface area (Å²) in [6.45, 7) is 5.72. The van der Waals surface area contributed by atoms with Crippen LogP contribution in [0.1, 0.15) is 11.1 Å². The summed E-state index contributed by atoms with van der Waals surface area (Å²) in [5, 5.41) is 0. The fourth-order valence-electron chi connectivity index (χ4n) is 2.38. The fraction of sp³-hybridized carbons (Fsp3) is 0.375. The molecule has 0 unspecified atom stereocenters. The van der Waals surface area contributed by atoms with Crippen molar-refractivity contribution < 1.29 is 9.53 Å². The number of nitrogens with zero attached hydrogens (tertiary/aromatic N) is 2. The molecule has 0 N–H and O–H groups in total. The van der Waals surface area contributed by atoms with E-state index < -0.39 is 0 Å². The van der Waals surface area contributed by atoms with Crippen LogP contribution in [0.4, 0.5) is 0 Å². The van der Waals surface area contributed by atoms with Crippen LogP contribution in [0.3, 0.4) is 0 Å². The smallest absolute Gasteiger partial charge is 0.267 e. The highest BCUT2D eigenvalue weighted by molar-refractivity contribution is 8.26. The first-order valence-corrected chi connectivity index (χ1v) is 8.48. The zero-order valence-electron chi connectivity index (χ0n) is 12.4. The number of amides is 1. The molecule has 1 amide bonds. The molecule has 2 saturated heterocycles. The van der Waals surface area contributed by atoms with E-state index in [1.165, 1.54) is 17.3 Å². The second-order valence-electron chi connectivity index (χ2n) is 5.39. The van der Waals surface area contributed by atoms with Gasteiger partial charge in [0.2, 0.25) is 0 Å². The molecule has 2 aliphatic rings. The maximum atomic E-state index is 12.6. The van der Waals surface area contributed by atoms with Crippen molar-refractivity contribution >= 4 is 40.3 Å². The van der Waals surface area contributed by atoms with Gasteiger partial charge in [0, 0.05) is 13.1 Å². The van der Waals surface area contributed by atoms with Gasteiger partial charge in [-0.1, -0.05) is 53.8 Å². The Kier molecular flexibility index (Phi) is 4.93. The van der Waals surface area contributed by atoms with Crippen molar-refractivity contribution in [2.75, 3.05) is 33.0 Å². The van der Waals surface area contributed by atoms with E-state index in [0.717, 1.165) is 18.7 Å². The number of hydrogen-bond donors (Lipinski definition) is 0. The maximum Gasteiger partial charge on any atom is 0.267 e. The average Bonchev–Trinajstić information content (AvgIpc) is 2.78. The van der Waals surface area contributed by atoms with E-state index in [1.807, 2.05) is 37.3 Å².